The summed E-state index contributed by atoms with van der Waals surface area (Å²) >= 11 is 6.01. The zero-order chi connectivity index (χ0) is 24.2. The molecule has 0 saturated carbocycles. The monoisotopic (exact) mass is 493 g/mol. The molecular weight excluding hydrogens is 474 g/mol. The van der Waals surface area contributed by atoms with Gasteiger partial charge in [-0.05, 0) is 24.3 Å². The van der Waals surface area contributed by atoms with Crippen LogP contribution in [0.4, 0.5) is 22.7 Å². The lowest BCUT2D eigenvalue weighted by Crippen LogP contribution is -2.13. The number of hydrogen-bond donors (Lipinski definition) is 2. The van der Waals surface area contributed by atoms with Crippen LogP contribution in [0.5, 0.6) is 17.2 Å². The molecule has 2 N–H and O–H groups in total. The number of anilines is 3. The first kappa shape index (κ1) is 24.0. The zero-order valence-corrected chi connectivity index (χ0v) is 19.4. The molecule has 3 aromatic rings. The Morgan fingerprint density at radius 2 is 1.55 bits per heavy atom. The topological polar surface area (TPSA) is 129 Å². The van der Waals surface area contributed by atoms with Crippen LogP contribution in [-0.2, 0) is 10.0 Å². The predicted molar refractivity (Wildman–Crippen MR) is 125 cm³/mol. The molecule has 3 aromatic carbocycles. The molecule has 0 aliphatic heterocycles. The summed E-state index contributed by atoms with van der Waals surface area (Å²) in [7, 11) is 0.197. The number of halogens is 1. The van der Waals surface area contributed by atoms with Gasteiger partial charge in [0, 0.05) is 23.9 Å². The maximum atomic E-state index is 12.8. The van der Waals surface area contributed by atoms with E-state index in [4.69, 9.17) is 25.8 Å². The second-order valence-electron chi connectivity index (χ2n) is 6.56. The molecular formula is C21H20ClN3O7S. The number of nitro groups is 1. The first-order valence-corrected chi connectivity index (χ1v) is 11.2. The maximum absolute atomic E-state index is 12.8. The molecule has 3 rings (SSSR count). The van der Waals surface area contributed by atoms with Crippen LogP contribution >= 0.6 is 11.6 Å². The van der Waals surface area contributed by atoms with Gasteiger partial charge in [-0.25, -0.2) is 8.42 Å². The van der Waals surface area contributed by atoms with E-state index in [0.717, 1.165) is 6.07 Å². The highest BCUT2D eigenvalue weighted by atomic mass is 35.5. The Labute approximate surface area is 195 Å². The largest absolute Gasteiger partial charge is 0.493 e. The third-order valence-corrected chi connectivity index (χ3v) is 6.23. The molecule has 0 amide bonds. The second kappa shape index (κ2) is 9.84. The minimum atomic E-state index is -4.14. The number of methoxy groups -OCH3 is 3. The van der Waals surface area contributed by atoms with Crippen molar-refractivity contribution in [2.24, 2.45) is 0 Å². The van der Waals surface area contributed by atoms with Gasteiger partial charge in [0.1, 0.15) is 5.69 Å². The van der Waals surface area contributed by atoms with Crippen molar-refractivity contribution in [3.63, 3.8) is 0 Å². The summed E-state index contributed by atoms with van der Waals surface area (Å²) in [4.78, 5) is 10.7. The number of rotatable bonds is 9. The van der Waals surface area contributed by atoms with Crippen LogP contribution in [0.15, 0.2) is 59.5 Å². The molecule has 0 fully saturated rings. The first-order chi connectivity index (χ1) is 15.7. The van der Waals surface area contributed by atoms with Crippen LogP contribution in [0.25, 0.3) is 0 Å². The highest BCUT2D eigenvalue weighted by Crippen LogP contribution is 2.41. The summed E-state index contributed by atoms with van der Waals surface area (Å²) in [5.74, 6) is 1.03. The number of nitrogens with zero attached hydrogens (tertiary/aromatic N) is 1. The number of ether oxygens (including phenoxy) is 3. The molecule has 0 aliphatic rings. The van der Waals surface area contributed by atoms with Crippen molar-refractivity contribution in [3.8, 4) is 17.2 Å². The van der Waals surface area contributed by atoms with Crippen LogP contribution in [-0.4, -0.2) is 34.7 Å². The molecule has 0 unspecified atom stereocenters. The van der Waals surface area contributed by atoms with E-state index in [0.29, 0.717) is 22.9 Å². The van der Waals surface area contributed by atoms with E-state index in [1.165, 1.54) is 45.6 Å². The van der Waals surface area contributed by atoms with E-state index in [2.05, 4.69) is 10.0 Å². The number of nitrogens with one attached hydrogen (secondary N) is 2. The molecule has 0 atom stereocenters. The number of para-hydroxylation sites is 1. The molecule has 12 heteroatoms. The van der Waals surface area contributed by atoms with E-state index in [1.54, 1.807) is 24.3 Å². The van der Waals surface area contributed by atoms with Gasteiger partial charge in [0.05, 0.1) is 41.9 Å². The number of nitro benzene ring substituents is 1. The van der Waals surface area contributed by atoms with Gasteiger partial charge in [-0.15, -0.1) is 0 Å². The molecule has 0 heterocycles. The quantitative estimate of drug-likeness (QED) is 0.320. The van der Waals surface area contributed by atoms with Crippen molar-refractivity contribution in [1.29, 1.82) is 0 Å². The second-order valence-corrected chi connectivity index (χ2v) is 8.65. The van der Waals surface area contributed by atoms with Gasteiger partial charge in [-0.2, -0.15) is 0 Å². The molecule has 0 spiro atoms. The van der Waals surface area contributed by atoms with Crippen LogP contribution < -0.4 is 24.2 Å². The first-order valence-electron chi connectivity index (χ1n) is 9.33. The molecule has 0 saturated heterocycles. The summed E-state index contributed by atoms with van der Waals surface area (Å²) in [6, 6.07) is 12.9. The maximum Gasteiger partial charge on any atom is 0.294 e. The van der Waals surface area contributed by atoms with Crippen molar-refractivity contribution in [2.75, 3.05) is 31.4 Å². The minimum Gasteiger partial charge on any atom is -0.493 e. The zero-order valence-electron chi connectivity index (χ0n) is 17.8. The van der Waals surface area contributed by atoms with Crippen LogP contribution in [0.3, 0.4) is 0 Å². The van der Waals surface area contributed by atoms with Gasteiger partial charge in [0.2, 0.25) is 5.75 Å². The van der Waals surface area contributed by atoms with E-state index in [1.807, 2.05) is 0 Å². The fourth-order valence-electron chi connectivity index (χ4n) is 2.99. The van der Waals surface area contributed by atoms with Crippen LogP contribution in [0, 0.1) is 10.1 Å². The Kier molecular flexibility index (Phi) is 7.14. The van der Waals surface area contributed by atoms with E-state index >= 15 is 0 Å². The van der Waals surface area contributed by atoms with Gasteiger partial charge in [-0.1, -0.05) is 23.7 Å². The summed E-state index contributed by atoms with van der Waals surface area (Å²) < 4.78 is 43.7. The van der Waals surface area contributed by atoms with Gasteiger partial charge in [-0.3, -0.25) is 14.8 Å². The Morgan fingerprint density at radius 3 is 2.09 bits per heavy atom. The van der Waals surface area contributed by atoms with Gasteiger partial charge < -0.3 is 19.5 Å². The van der Waals surface area contributed by atoms with Crippen LogP contribution in [0.1, 0.15) is 0 Å². The lowest BCUT2D eigenvalue weighted by molar-refractivity contribution is -0.384. The molecule has 10 nitrogen and oxygen atoms in total. The van der Waals surface area contributed by atoms with Crippen molar-refractivity contribution < 1.29 is 27.6 Å². The standard InChI is InChI=1S/C21H20ClN3O7S/c1-30-19-10-13(11-20(31-2)21(19)32-3)23-17-9-8-14(12-18(17)25(26)27)33(28,29)24-16-7-5-4-6-15(16)22/h4-12,23-24H,1-3H3. The van der Waals surface area contributed by atoms with Crippen molar-refractivity contribution in [2.45, 2.75) is 4.90 Å². The molecule has 0 aromatic heterocycles. The van der Waals surface area contributed by atoms with Crippen molar-refractivity contribution >= 4 is 44.4 Å². The van der Waals surface area contributed by atoms with Gasteiger partial charge >= 0.3 is 0 Å². The third-order valence-electron chi connectivity index (χ3n) is 4.54. The highest BCUT2D eigenvalue weighted by molar-refractivity contribution is 7.92. The summed E-state index contributed by atoms with van der Waals surface area (Å²) in [6.45, 7) is 0. The van der Waals surface area contributed by atoms with Gasteiger partial charge in [0.25, 0.3) is 15.7 Å². The minimum absolute atomic E-state index is 0.0611. The Morgan fingerprint density at radius 1 is 0.909 bits per heavy atom. The smallest absolute Gasteiger partial charge is 0.294 e. The average molecular weight is 494 g/mol. The molecule has 0 aliphatic carbocycles. The lowest BCUT2D eigenvalue weighted by Gasteiger charge is -2.15. The highest BCUT2D eigenvalue weighted by Gasteiger charge is 2.23. The Hall–Kier alpha value is -3.70. The Bertz CT molecular complexity index is 1270. The molecule has 0 bridgehead atoms. The van der Waals surface area contributed by atoms with Crippen LogP contribution in [0.2, 0.25) is 5.02 Å². The normalized spacial score (nSPS) is 10.9. The summed E-state index contributed by atoms with van der Waals surface area (Å²) in [5, 5.41) is 14.8. The number of benzene rings is 3. The SMILES string of the molecule is COc1cc(Nc2ccc(S(=O)(=O)Nc3ccccc3Cl)cc2[N+](=O)[O-])cc(OC)c1OC. The molecule has 174 valence electrons. The molecule has 0 radical (unpaired) electrons. The molecule has 33 heavy (non-hydrogen) atoms. The van der Waals surface area contributed by atoms with Crippen molar-refractivity contribution in [3.05, 3.63) is 69.7 Å². The average Bonchev–Trinajstić information content (AvgIpc) is 2.79. The predicted octanol–water partition coefficient (Wildman–Crippen LogP) is 4.82. The lowest BCUT2D eigenvalue weighted by atomic mass is 10.2. The van der Waals surface area contributed by atoms with Gasteiger partial charge in [0.15, 0.2) is 11.5 Å². The fraction of sp³-hybridized carbons (Fsp3) is 0.143. The van der Waals surface area contributed by atoms with E-state index in [-0.39, 0.29) is 21.3 Å². The van der Waals surface area contributed by atoms with Crippen molar-refractivity contribution in [1.82, 2.24) is 0 Å². The summed E-state index contributed by atoms with van der Waals surface area (Å²) in [6.07, 6.45) is 0. The fourth-order valence-corrected chi connectivity index (χ4v) is 4.33. The van der Waals surface area contributed by atoms with E-state index in [9.17, 15) is 18.5 Å². The third kappa shape index (κ3) is 5.21. The number of sulfonamides is 1. The number of hydrogen-bond acceptors (Lipinski definition) is 8. The van der Waals surface area contributed by atoms with E-state index < -0.39 is 20.6 Å². The summed E-state index contributed by atoms with van der Waals surface area (Å²) in [5.41, 5.74) is 0.163. The Balaban J connectivity index is 1.99.